The van der Waals surface area contributed by atoms with Gasteiger partial charge in [-0.05, 0) is 29.8 Å². The monoisotopic (exact) mass is 393 g/mol. The first-order chi connectivity index (χ1) is 12.5. The van der Waals surface area contributed by atoms with E-state index >= 15 is 0 Å². The van der Waals surface area contributed by atoms with E-state index in [4.69, 9.17) is 11.6 Å². The summed E-state index contributed by atoms with van der Waals surface area (Å²) in [5, 5.41) is 25.2. The number of fused-ring (bicyclic) bond motifs is 1. The third kappa shape index (κ3) is 3.06. The summed E-state index contributed by atoms with van der Waals surface area (Å²) in [6.45, 7) is 0. The van der Waals surface area contributed by atoms with Crippen LogP contribution in [0.25, 0.3) is 4.96 Å². The highest BCUT2D eigenvalue weighted by molar-refractivity contribution is 7.20. The summed E-state index contributed by atoms with van der Waals surface area (Å²) in [5.74, 6) is -1.37. The molecule has 0 saturated carbocycles. The number of hydrogen-bond donors (Lipinski definition) is 2. The molecule has 0 aliphatic carbocycles. The fourth-order valence-corrected chi connectivity index (χ4v) is 3.35. The van der Waals surface area contributed by atoms with Crippen molar-refractivity contribution >= 4 is 38.7 Å². The van der Waals surface area contributed by atoms with E-state index < -0.39 is 11.6 Å². The number of benzene rings is 2. The minimum atomic E-state index is -0.975. The Kier molecular flexibility index (Phi) is 4.17. The topological polar surface area (TPSA) is 75.3 Å². The third-order valence-corrected chi connectivity index (χ3v) is 4.74. The zero-order valence-corrected chi connectivity index (χ0v) is 14.5. The standard InChI is InChI=1S/C16H10ClF2N5OS/c17-9-6-8(4-5-12(9)25)7-13-21-22-16-24(13)23-15(26-16)20-11-3-1-2-10(18)14(11)19/h1-6,25H,7H2,(H,20,23). The van der Waals surface area contributed by atoms with Gasteiger partial charge >= 0.3 is 0 Å². The largest absolute Gasteiger partial charge is 0.506 e. The Morgan fingerprint density at radius 3 is 2.85 bits per heavy atom. The van der Waals surface area contributed by atoms with E-state index in [-0.39, 0.29) is 16.5 Å². The molecule has 10 heteroatoms. The first-order valence-corrected chi connectivity index (χ1v) is 8.60. The number of anilines is 2. The van der Waals surface area contributed by atoms with Gasteiger partial charge in [0.2, 0.25) is 10.1 Å². The first-order valence-electron chi connectivity index (χ1n) is 7.41. The SMILES string of the molecule is Oc1ccc(Cc2nnc3sc(Nc4cccc(F)c4F)nn23)cc1Cl. The Morgan fingerprint density at radius 1 is 1.19 bits per heavy atom. The van der Waals surface area contributed by atoms with Crippen LogP contribution in [0.1, 0.15) is 11.4 Å². The van der Waals surface area contributed by atoms with Crippen LogP contribution in [0.15, 0.2) is 36.4 Å². The van der Waals surface area contributed by atoms with E-state index in [1.807, 2.05) is 0 Å². The molecule has 0 saturated heterocycles. The number of hydrogen-bond acceptors (Lipinski definition) is 6. The van der Waals surface area contributed by atoms with Crippen molar-refractivity contribution in [3.63, 3.8) is 0 Å². The number of aromatic hydroxyl groups is 1. The number of nitrogens with one attached hydrogen (secondary N) is 1. The Labute approximate surface area is 154 Å². The highest BCUT2D eigenvalue weighted by Crippen LogP contribution is 2.27. The molecule has 0 aliphatic heterocycles. The van der Waals surface area contributed by atoms with Crippen LogP contribution in [0.2, 0.25) is 5.02 Å². The van der Waals surface area contributed by atoms with Gasteiger partial charge in [-0.15, -0.1) is 15.3 Å². The molecule has 2 N–H and O–H groups in total. The van der Waals surface area contributed by atoms with Crippen LogP contribution in [-0.4, -0.2) is 24.9 Å². The fourth-order valence-electron chi connectivity index (χ4n) is 2.38. The van der Waals surface area contributed by atoms with Crippen molar-refractivity contribution < 1.29 is 13.9 Å². The summed E-state index contributed by atoms with van der Waals surface area (Å²) >= 11 is 7.07. The van der Waals surface area contributed by atoms with Crippen LogP contribution >= 0.6 is 22.9 Å². The second-order valence-electron chi connectivity index (χ2n) is 5.41. The van der Waals surface area contributed by atoms with E-state index in [1.54, 1.807) is 12.1 Å². The maximum absolute atomic E-state index is 13.8. The molecule has 26 heavy (non-hydrogen) atoms. The third-order valence-electron chi connectivity index (χ3n) is 3.62. The molecule has 2 aromatic heterocycles. The normalized spacial score (nSPS) is 11.2. The van der Waals surface area contributed by atoms with E-state index in [0.717, 1.165) is 23.0 Å². The molecule has 2 heterocycles. The zero-order chi connectivity index (χ0) is 18.3. The number of phenolic OH excluding ortho intramolecular Hbond substituents is 1. The molecule has 0 amide bonds. The zero-order valence-electron chi connectivity index (χ0n) is 12.9. The lowest BCUT2D eigenvalue weighted by Gasteiger charge is -2.04. The number of nitrogens with zero attached hydrogens (tertiary/aromatic N) is 4. The van der Waals surface area contributed by atoms with Gasteiger partial charge in [-0.1, -0.05) is 35.1 Å². The molecular formula is C16H10ClF2N5OS. The fraction of sp³-hybridized carbons (Fsp3) is 0.0625. The maximum atomic E-state index is 13.8. The predicted octanol–water partition coefficient (Wildman–Crippen LogP) is 4.16. The second kappa shape index (κ2) is 6.50. The molecule has 0 aliphatic rings. The Morgan fingerprint density at radius 2 is 2.04 bits per heavy atom. The van der Waals surface area contributed by atoms with Gasteiger partial charge in [0.05, 0.1) is 10.7 Å². The van der Waals surface area contributed by atoms with E-state index in [9.17, 15) is 13.9 Å². The highest BCUT2D eigenvalue weighted by atomic mass is 35.5. The summed E-state index contributed by atoms with van der Waals surface area (Å²) in [5.41, 5.74) is 0.808. The van der Waals surface area contributed by atoms with Crippen molar-refractivity contribution in [1.29, 1.82) is 0 Å². The van der Waals surface area contributed by atoms with Crippen molar-refractivity contribution in [2.75, 3.05) is 5.32 Å². The van der Waals surface area contributed by atoms with Crippen molar-refractivity contribution in [2.24, 2.45) is 0 Å². The van der Waals surface area contributed by atoms with Crippen LogP contribution in [0.4, 0.5) is 19.6 Å². The van der Waals surface area contributed by atoms with Gasteiger partial charge in [0.1, 0.15) is 5.75 Å². The van der Waals surface area contributed by atoms with Crippen molar-refractivity contribution in [3.05, 3.63) is 64.4 Å². The maximum Gasteiger partial charge on any atom is 0.236 e. The van der Waals surface area contributed by atoms with Gasteiger partial charge in [0.15, 0.2) is 17.5 Å². The Balaban J connectivity index is 1.62. The quantitative estimate of drug-likeness (QED) is 0.544. The molecule has 132 valence electrons. The molecule has 4 rings (SSSR count). The van der Waals surface area contributed by atoms with Crippen molar-refractivity contribution in [2.45, 2.75) is 6.42 Å². The lowest BCUT2D eigenvalue weighted by atomic mass is 10.1. The Hall–Kier alpha value is -2.78. The van der Waals surface area contributed by atoms with Crippen molar-refractivity contribution in [3.8, 4) is 5.75 Å². The molecule has 0 unspecified atom stereocenters. The summed E-state index contributed by atoms with van der Waals surface area (Å²) in [7, 11) is 0. The molecular weight excluding hydrogens is 384 g/mol. The van der Waals surface area contributed by atoms with Gasteiger partial charge < -0.3 is 10.4 Å². The highest BCUT2D eigenvalue weighted by Gasteiger charge is 2.15. The minimum Gasteiger partial charge on any atom is -0.506 e. The molecule has 2 aromatic carbocycles. The van der Waals surface area contributed by atoms with Gasteiger partial charge in [-0.3, -0.25) is 0 Å². The molecule has 0 radical (unpaired) electrons. The van der Waals surface area contributed by atoms with E-state index in [0.29, 0.717) is 22.3 Å². The number of rotatable bonds is 4. The average Bonchev–Trinajstić information content (AvgIpc) is 3.17. The van der Waals surface area contributed by atoms with E-state index in [2.05, 4.69) is 20.6 Å². The number of phenols is 1. The molecule has 0 spiro atoms. The molecule has 0 atom stereocenters. The van der Waals surface area contributed by atoms with Gasteiger partial charge in [-0.2, -0.15) is 4.52 Å². The molecule has 0 bridgehead atoms. The van der Waals surface area contributed by atoms with Crippen LogP contribution in [0.3, 0.4) is 0 Å². The molecule has 0 fully saturated rings. The molecule has 6 nitrogen and oxygen atoms in total. The lowest BCUT2D eigenvalue weighted by Crippen LogP contribution is -2.00. The van der Waals surface area contributed by atoms with Crippen LogP contribution in [0, 0.1) is 11.6 Å². The Bertz CT molecular complexity index is 1110. The summed E-state index contributed by atoms with van der Waals surface area (Å²) in [6.07, 6.45) is 0.388. The van der Waals surface area contributed by atoms with Crippen LogP contribution in [0.5, 0.6) is 5.75 Å². The first kappa shape index (κ1) is 16.7. The van der Waals surface area contributed by atoms with Gasteiger partial charge in [0.25, 0.3) is 0 Å². The van der Waals surface area contributed by atoms with Crippen molar-refractivity contribution in [1.82, 2.24) is 19.8 Å². The lowest BCUT2D eigenvalue weighted by molar-refractivity contribution is 0.475. The van der Waals surface area contributed by atoms with Crippen LogP contribution < -0.4 is 5.32 Å². The second-order valence-corrected chi connectivity index (χ2v) is 6.77. The van der Waals surface area contributed by atoms with Crippen LogP contribution in [-0.2, 0) is 6.42 Å². The van der Waals surface area contributed by atoms with Gasteiger partial charge in [-0.25, -0.2) is 8.78 Å². The number of halogens is 3. The number of aromatic nitrogens is 4. The predicted molar refractivity (Wildman–Crippen MR) is 94.2 cm³/mol. The summed E-state index contributed by atoms with van der Waals surface area (Å²) < 4.78 is 28.6. The summed E-state index contributed by atoms with van der Waals surface area (Å²) in [6, 6.07) is 8.71. The average molecular weight is 394 g/mol. The van der Waals surface area contributed by atoms with E-state index in [1.165, 1.54) is 22.7 Å². The van der Waals surface area contributed by atoms with Gasteiger partial charge in [0, 0.05) is 6.42 Å². The summed E-state index contributed by atoms with van der Waals surface area (Å²) in [4.78, 5) is 0.504. The molecule has 4 aromatic rings. The smallest absolute Gasteiger partial charge is 0.236 e. The minimum absolute atomic E-state index is 0.000860.